The molecule has 164 valence electrons. The summed E-state index contributed by atoms with van der Waals surface area (Å²) in [5.74, 6) is 0.358. The van der Waals surface area contributed by atoms with Crippen molar-refractivity contribution in [2.75, 3.05) is 25.0 Å². The van der Waals surface area contributed by atoms with Crippen molar-refractivity contribution < 1.29 is 19.0 Å². The summed E-state index contributed by atoms with van der Waals surface area (Å²) in [4.78, 5) is 25.4. The number of ether oxygens (including phenoxy) is 1. The topological polar surface area (TPSA) is 153 Å². The number of anilines is 2. The fraction of sp³-hybridized carbons (Fsp3) is 0.300. The van der Waals surface area contributed by atoms with Gasteiger partial charge in [-0.25, -0.2) is 14.4 Å². The Morgan fingerprint density at radius 1 is 1.44 bits per heavy atom. The Balaban J connectivity index is 1.49. The zero-order valence-electron chi connectivity index (χ0n) is 16.8. The van der Waals surface area contributed by atoms with Crippen molar-refractivity contribution in [2.24, 2.45) is 0 Å². The molecular weight excluding hydrogens is 419 g/mol. The molecule has 1 fully saturated rings. The van der Waals surface area contributed by atoms with Gasteiger partial charge in [0.15, 0.2) is 12.0 Å². The van der Waals surface area contributed by atoms with Crippen LogP contribution >= 0.6 is 0 Å². The summed E-state index contributed by atoms with van der Waals surface area (Å²) < 4.78 is 20.3. The highest BCUT2D eigenvalue weighted by molar-refractivity contribution is 5.77. The van der Waals surface area contributed by atoms with Crippen LogP contribution in [0.15, 0.2) is 36.9 Å². The van der Waals surface area contributed by atoms with Gasteiger partial charge in [0.1, 0.15) is 30.9 Å². The molecule has 12 heteroatoms. The molecule has 1 aliphatic rings. The normalized spacial score (nSPS) is 18.1. The first-order chi connectivity index (χ1) is 15.6. The lowest BCUT2D eigenvalue weighted by molar-refractivity contribution is -0.138. The van der Waals surface area contributed by atoms with Gasteiger partial charge in [0, 0.05) is 24.7 Å². The lowest BCUT2D eigenvalue weighted by Crippen LogP contribution is -2.50. The Morgan fingerprint density at radius 2 is 2.31 bits per heavy atom. The van der Waals surface area contributed by atoms with Crippen molar-refractivity contribution in [3.05, 3.63) is 42.5 Å². The van der Waals surface area contributed by atoms with E-state index in [2.05, 4.69) is 36.5 Å². The lowest BCUT2D eigenvalue weighted by atomic mass is 10.0. The van der Waals surface area contributed by atoms with Crippen LogP contribution in [0.5, 0.6) is 5.75 Å². The molecule has 2 atom stereocenters. The second-order valence-corrected chi connectivity index (χ2v) is 7.03. The van der Waals surface area contributed by atoms with Crippen LogP contribution in [0.3, 0.4) is 0 Å². The van der Waals surface area contributed by atoms with E-state index in [-0.39, 0.29) is 30.8 Å². The fourth-order valence-electron chi connectivity index (χ4n) is 3.31. The molecule has 32 heavy (non-hydrogen) atoms. The molecule has 0 spiro atoms. The molecular formula is C20H19FN8O3. The van der Waals surface area contributed by atoms with Gasteiger partial charge in [-0.05, 0) is 18.2 Å². The highest BCUT2D eigenvalue weighted by Crippen LogP contribution is 2.28. The van der Waals surface area contributed by atoms with Crippen molar-refractivity contribution in [1.82, 2.24) is 30.0 Å². The van der Waals surface area contributed by atoms with Crippen LogP contribution in [0.2, 0.25) is 0 Å². The van der Waals surface area contributed by atoms with Crippen LogP contribution in [-0.4, -0.2) is 73.0 Å². The molecule has 0 bridgehead atoms. The van der Waals surface area contributed by atoms with Gasteiger partial charge in [0.2, 0.25) is 11.9 Å². The summed E-state index contributed by atoms with van der Waals surface area (Å²) in [6.07, 6.45) is 2.56. The number of piperidine rings is 1. The highest BCUT2D eigenvalue weighted by atomic mass is 19.1. The largest absolute Gasteiger partial charge is 0.486 e. The van der Waals surface area contributed by atoms with Crippen LogP contribution in [0.25, 0.3) is 11.4 Å². The van der Waals surface area contributed by atoms with Gasteiger partial charge in [-0.15, -0.1) is 0 Å². The van der Waals surface area contributed by atoms with E-state index < -0.39 is 24.8 Å². The third kappa shape index (κ3) is 4.62. The maximum Gasteiger partial charge on any atom is 0.248 e. The molecule has 0 radical (unpaired) electrons. The molecule has 1 amide bonds. The molecule has 11 nitrogen and oxygen atoms in total. The van der Waals surface area contributed by atoms with Crippen molar-refractivity contribution in [2.45, 2.75) is 18.7 Å². The summed E-state index contributed by atoms with van der Waals surface area (Å²) in [5.41, 5.74) is 1.44. The number of hydrogen-bond donors (Lipinski definition) is 3. The number of nitriles is 1. The summed E-state index contributed by atoms with van der Waals surface area (Å²) >= 11 is 0. The lowest BCUT2D eigenvalue weighted by Gasteiger charge is -2.34. The van der Waals surface area contributed by atoms with Gasteiger partial charge in [-0.3, -0.25) is 9.89 Å². The summed E-state index contributed by atoms with van der Waals surface area (Å²) in [5, 5.41) is 28.0. The van der Waals surface area contributed by atoms with E-state index in [1.54, 1.807) is 30.6 Å². The van der Waals surface area contributed by atoms with Crippen molar-refractivity contribution in [3.8, 4) is 23.2 Å². The summed E-state index contributed by atoms with van der Waals surface area (Å²) in [7, 11) is 0. The Bertz CT molecular complexity index is 1130. The van der Waals surface area contributed by atoms with Crippen molar-refractivity contribution >= 4 is 17.5 Å². The standard InChI is InChI=1S/C20H19FN8O3/c21-15-9-29(18(31)10-30)4-3-17(15)32-16-2-1-12(5-13(16)6-22)19-23-11-24-20(28-19)27-14-7-25-26-8-14/h1-2,5,7-8,11,15,17,30H,3-4,9-10H2,(H,25,26)(H,23,24,27,28)/t15-,17+/m1/s1. The Morgan fingerprint density at radius 3 is 3.03 bits per heavy atom. The number of aromatic nitrogens is 5. The zero-order valence-corrected chi connectivity index (χ0v) is 16.8. The number of halogens is 1. The highest BCUT2D eigenvalue weighted by Gasteiger charge is 2.33. The van der Waals surface area contributed by atoms with E-state index in [4.69, 9.17) is 9.84 Å². The number of aliphatic hydroxyl groups excluding tert-OH is 1. The number of nitrogens with one attached hydrogen (secondary N) is 2. The second kappa shape index (κ2) is 9.36. The van der Waals surface area contributed by atoms with E-state index in [0.29, 0.717) is 23.0 Å². The average molecular weight is 438 g/mol. The molecule has 0 saturated carbocycles. The van der Waals surface area contributed by atoms with Crippen LogP contribution in [0, 0.1) is 11.3 Å². The fourth-order valence-corrected chi connectivity index (χ4v) is 3.31. The van der Waals surface area contributed by atoms with E-state index in [1.165, 1.54) is 11.2 Å². The number of rotatable bonds is 6. The Kier molecular flexibility index (Phi) is 6.18. The van der Waals surface area contributed by atoms with Gasteiger partial charge in [0.25, 0.3) is 0 Å². The Hall–Kier alpha value is -4.11. The monoisotopic (exact) mass is 438 g/mol. The van der Waals surface area contributed by atoms with E-state index in [1.807, 2.05) is 0 Å². The van der Waals surface area contributed by atoms with Gasteiger partial charge in [-0.2, -0.15) is 15.3 Å². The minimum absolute atomic E-state index is 0.165. The van der Waals surface area contributed by atoms with Gasteiger partial charge >= 0.3 is 0 Å². The number of hydrogen-bond acceptors (Lipinski definition) is 9. The minimum atomic E-state index is -1.44. The molecule has 1 aromatic carbocycles. The summed E-state index contributed by atoms with van der Waals surface area (Å²) in [6.45, 7) is -0.558. The molecule has 1 saturated heterocycles. The number of carbonyl (C=O) groups is 1. The molecule has 3 aromatic rings. The number of aromatic amines is 1. The van der Waals surface area contributed by atoms with E-state index >= 15 is 0 Å². The number of alkyl halides is 1. The maximum atomic E-state index is 14.5. The number of H-pyrrole nitrogens is 1. The number of benzene rings is 1. The van der Waals surface area contributed by atoms with Crippen molar-refractivity contribution in [3.63, 3.8) is 0 Å². The van der Waals surface area contributed by atoms with Crippen LogP contribution in [0.4, 0.5) is 16.0 Å². The molecule has 1 aliphatic heterocycles. The molecule has 2 aromatic heterocycles. The molecule has 0 aliphatic carbocycles. The zero-order chi connectivity index (χ0) is 22.5. The molecule has 0 unspecified atom stereocenters. The van der Waals surface area contributed by atoms with Crippen LogP contribution < -0.4 is 10.1 Å². The quantitative estimate of drug-likeness (QED) is 0.515. The summed E-state index contributed by atoms with van der Waals surface area (Å²) in [6, 6.07) is 6.85. The second-order valence-electron chi connectivity index (χ2n) is 7.03. The first kappa shape index (κ1) is 21.1. The Labute approximate surface area is 181 Å². The number of aliphatic hydroxyl groups is 1. The van der Waals surface area contributed by atoms with E-state index in [9.17, 15) is 14.4 Å². The van der Waals surface area contributed by atoms with Crippen LogP contribution in [0.1, 0.15) is 12.0 Å². The number of likely N-dealkylation sites (tertiary alicyclic amines) is 1. The number of carbonyl (C=O) groups excluding carboxylic acids is 1. The van der Waals surface area contributed by atoms with E-state index in [0.717, 1.165) is 0 Å². The molecule has 3 N–H and O–H groups in total. The molecule has 3 heterocycles. The predicted molar refractivity (Wildman–Crippen MR) is 109 cm³/mol. The first-order valence-electron chi connectivity index (χ1n) is 9.76. The smallest absolute Gasteiger partial charge is 0.248 e. The average Bonchev–Trinajstić information content (AvgIpc) is 3.33. The van der Waals surface area contributed by atoms with Gasteiger partial charge in [-0.1, -0.05) is 0 Å². The van der Waals surface area contributed by atoms with Crippen LogP contribution in [-0.2, 0) is 4.79 Å². The third-order valence-electron chi connectivity index (χ3n) is 4.93. The molecule has 4 rings (SSSR count). The predicted octanol–water partition coefficient (Wildman–Crippen LogP) is 1.19. The van der Waals surface area contributed by atoms with Crippen molar-refractivity contribution in [1.29, 1.82) is 5.26 Å². The maximum absolute atomic E-state index is 14.5. The minimum Gasteiger partial charge on any atom is -0.486 e. The number of nitrogens with zero attached hydrogens (tertiary/aromatic N) is 6. The first-order valence-corrected chi connectivity index (χ1v) is 9.76. The van der Waals surface area contributed by atoms with Gasteiger partial charge < -0.3 is 20.1 Å². The SMILES string of the molecule is N#Cc1cc(-c2ncnc(Nc3cn[nH]c3)n2)ccc1O[C@H]1CCN(C(=O)CO)C[C@H]1F. The third-order valence-corrected chi connectivity index (χ3v) is 4.93. The number of amides is 1. The van der Waals surface area contributed by atoms with Gasteiger partial charge in [0.05, 0.1) is 24.0 Å².